The van der Waals surface area contributed by atoms with Gasteiger partial charge in [-0.05, 0) is 27.7 Å². The Kier molecular flexibility index (Phi) is 45.5. The lowest BCUT2D eigenvalue weighted by atomic mass is 10.4. The predicted octanol–water partition coefficient (Wildman–Crippen LogP) is 2.65. The molecule has 0 aromatic rings. The molecule has 4 N–H and O–H groups in total. The molecule has 0 aliphatic heterocycles. The number of carboxylic acids is 2. The van der Waals surface area contributed by atoms with Gasteiger partial charge in [0, 0.05) is 11.1 Å². The van der Waals surface area contributed by atoms with E-state index in [0.29, 0.717) is 0 Å². The fourth-order valence-corrected chi connectivity index (χ4v) is 0. The van der Waals surface area contributed by atoms with Gasteiger partial charge < -0.3 is 20.4 Å². The number of hydrogen-bond donors (Lipinski definition) is 4. The molecule has 0 unspecified atom stereocenters. The number of aliphatic hydroxyl groups excluding tert-OH is 2. The highest BCUT2D eigenvalue weighted by atomic mass is 16.4. The summed E-state index contributed by atoms with van der Waals surface area (Å²) in [5.41, 5.74) is 0.352. The third-order valence-electron chi connectivity index (χ3n) is 0.830. The van der Waals surface area contributed by atoms with Crippen LogP contribution in [-0.2, 0) is 9.59 Å². The first-order chi connectivity index (χ1) is 10.0. The van der Waals surface area contributed by atoms with Gasteiger partial charge >= 0.3 is 11.9 Å². The third-order valence-corrected chi connectivity index (χ3v) is 0.830. The largest absolute Gasteiger partial charge is 0.478 e. The van der Waals surface area contributed by atoms with Crippen molar-refractivity contribution in [2.75, 3.05) is 13.2 Å². The summed E-state index contributed by atoms with van der Waals surface area (Å²) in [6, 6.07) is 0. The first kappa shape index (κ1) is 32.0. The van der Waals surface area contributed by atoms with E-state index in [2.05, 4.69) is 26.3 Å². The molecule has 6 nitrogen and oxygen atoms in total. The van der Waals surface area contributed by atoms with E-state index < -0.39 is 11.9 Å². The van der Waals surface area contributed by atoms with Gasteiger partial charge in [0.05, 0.1) is 13.2 Å². The second kappa shape index (κ2) is 31.3. The summed E-state index contributed by atoms with van der Waals surface area (Å²) in [6.07, 6.45) is 3.50. The molecule has 6 heteroatoms. The van der Waals surface area contributed by atoms with Crippen molar-refractivity contribution in [3.8, 4) is 0 Å². The molecule has 0 aromatic heterocycles. The minimum absolute atomic E-state index is 0.125. The van der Waals surface area contributed by atoms with Crippen LogP contribution in [0.2, 0.25) is 0 Å². The smallest absolute Gasteiger partial charge is 0.330 e. The minimum Gasteiger partial charge on any atom is -0.478 e. The van der Waals surface area contributed by atoms with Gasteiger partial charge in [-0.1, -0.05) is 25.3 Å². The minimum atomic E-state index is -0.935. The van der Waals surface area contributed by atoms with E-state index in [9.17, 15) is 9.59 Å². The van der Waals surface area contributed by atoms with Crippen molar-refractivity contribution in [2.45, 2.75) is 27.7 Å². The number of rotatable bonds is 3. The summed E-state index contributed by atoms with van der Waals surface area (Å²) in [5, 5.41) is 31.0. The predicted molar refractivity (Wildman–Crippen MR) is 90.8 cm³/mol. The number of carbonyl (C=O) groups is 2. The van der Waals surface area contributed by atoms with E-state index in [4.69, 9.17) is 20.4 Å². The van der Waals surface area contributed by atoms with Crippen molar-refractivity contribution in [1.82, 2.24) is 0 Å². The number of aliphatic hydroxyl groups is 2. The normalized spacial score (nSPS) is 6.64. The van der Waals surface area contributed by atoms with E-state index in [1.165, 1.54) is 13.8 Å². The summed E-state index contributed by atoms with van der Waals surface area (Å²) in [4.78, 5) is 19.2. The zero-order chi connectivity index (χ0) is 19.1. The highest BCUT2D eigenvalue weighted by Crippen LogP contribution is 1.81. The molecule has 130 valence electrons. The first-order valence-electron chi connectivity index (χ1n) is 6.17. The van der Waals surface area contributed by atoms with Gasteiger partial charge in [0.2, 0.25) is 0 Å². The molecular formula is C16H30O6. The van der Waals surface area contributed by atoms with E-state index in [1.807, 2.05) is 13.8 Å². The Balaban J connectivity index is -0.0000000568. The molecule has 0 radical (unpaired) electrons. The fraction of sp³-hybridized carbons (Fsp3) is 0.375. The summed E-state index contributed by atoms with van der Waals surface area (Å²) in [6.45, 7) is 19.5. The van der Waals surface area contributed by atoms with E-state index in [0.717, 1.165) is 0 Å². The average Bonchev–Trinajstić information content (AvgIpc) is 2.41. The van der Waals surface area contributed by atoms with Crippen molar-refractivity contribution in [3.63, 3.8) is 0 Å². The molecule has 0 amide bonds. The highest BCUT2D eigenvalue weighted by molar-refractivity contribution is 5.85. The monoisotopic (exact) mass is 318 g/mol. The van der Waals surface area contributed by atoms with Crippen LogP contribution in [0.3, 0.4) is 0 Å². The van der Waals surface area contributed by atoms with E-state index in [-0.39, 0.29) is 24.4 Å². The zero-order valence-electron chi connectivity index (χ0n) is 14.0. The van der Waals surface area contributed by atoms with Crippen LogP contribution in [0.15, 0.2) is 49.6 Å². The molecule has 0 fully saturated rings. The van der Waals surface area contributed by atoms with Crippen LogP contribution in [0.1, 0.15) is 27.7 Å². The molecule has 22 heavy (non-hydrogen) atoms. The fourth-order valence-electron chi connectivity index (χ4n) is 0. The maximum atomic E-state index is 9.60. The van der Waals surface area contributed by atoms with Gasteiger partial charge in [0.15, 0.2) is 0 Å². The quantitative estimate of drug-likeness (QED) is 0.470. The van der Waals surface area contributed by atoms with Crippen LogP contribution < -0.4 is 0 Å². The number of hydrogen-bond acceptors (Lipinski definition) is 4. The lowest BCUT2D eigenvalue weighted by molar-refractivity contribution is -0.133. The lowest BCUT2D eigenvalue weighted by Gasteiger charge is -1.79. The molecule has 0 saturated carbocycles. The summed E-state index contributed by atoms with van der Waals surface area (Å²) in [7, 11) is 0. The summed E-state index contributed by atoms with van der Waals surface area (Å²) >= 11 is 0. The number of aliphatic carboxylic acids is 2. The molecule has 0 bridgehead atoms. The molecule has 0 heterocycles. The molecule has 0 saturated heterocycles. The molecule has 0 aliphatic carbocycles. The second-order valence-corrected chi connectivity index (χ2v) is 3.43. The molecular weight excluding hydrogens is 288 g/mol. The first-order valence-corrected chi connectivity index (χ1v) is 6.17. The zero-order valence-corrected chi connectivity index (χ0v) is 14.0. The average molecular weight is 318 g/mol. The topological polar surface area (TPSA) is 115 Å². The molecule has 0 atom stereocenters. The van der Waals surface area contributed by atoms with Gasteiger partial charge in [0.1, 0.15) is 0 Å². The maximum absolute atomic E-state index is 9.60. The Bertz CT molecular complexity index is 263. The van der Waals surface area contributed by atoms with E-state index in [1.54, 1.807) is 12.2 Å². The van der Waals surface area contributed by atoms with Crippen LogP contribution in [-0.4, -0.2) is 45.6 Å². The Labute approximate surface area is 133 Å². The van der Waals surface area contributed by atoms with Crippen LogP contribution in [0.25, 0.3) is 0 Å². The molecule has 0 rings (SSSR count). The Morgan fingerprint density at radius 1 is 0.818 bits per heavy atom. The number of allylic oxidation sites excluding steroid dienone is 2. The second-order valence-electron chi connectivity index (χ2n) is 3.43. The molecule has 0 spiro atoms. The van der Waals surface area contributed by atoms with Crippen molar-refractivity contribution < 1.29 is 30.0 Å². The molecule has 0 aromatic carbocycles. The van der Waals surface area contributed by atoms with Gasteiger partial charge in [-0.15, -0.1) is 13.2 Å². The summed E-state index contributed by atoms with van der Waals surface area (Å²) < 4.78 is 0. The third kappa shape index (κ3) is 108. The van der Waals surface area contributed by atoms with Crippen LogP contribution >= 0.6 is 0 Å². The maximum Gasteiger partial charge on any atom is 0.330 e. The Morgan fingerprint density at radius 2 is 0.909 bits per heavy atom. The highest BCUT2D eigenvalue weighted by Gasteiger charge is 1.90. The SMILES string of the molecule is C=C(C)C(=O)O.C=C(C)C(=O)O.C=CC.C=CC.OCCO. The summed E-state index contributed by atoms with van der Waals surface area (Å²) in [5.74, 6) is -1.87. The van der Waals surface area contributed by atoms with Crippen molar-refractivity contribution in [2.24, 2.45) is 0 Å². The van der Waals surface area contributed by atoms with Crippen LogP contribution in [0.5, 0.6) is 0 Å². The molecule has 0 aliphatic rings. The van der Waals surface area contributed by atoms with Crippen molar-refractivity contribution in [1.29, 1.82) is 0 Å². The van der Waals surface area contributed by atoms with Gasteiger partial charge in [-0.3, -0.25) is 0 Å². The lowest BCUT2D eigenvalue weighted by Crippen LogP contribution is -1.92. The van der Waals surface area contributed by atoms with Gasteiger partial charge in [0.25, 0.3) is 0 Å². The standard InChI is InChI=1S/2C4H6O2.2C3H6.C2H6O2/c2*1-3(2)4(5)6;2*1-3-2;3-1-2-4/h2*1H2,2H3,(H,5,6);2*3H,1H2,2H3;3-4H,1-2H2. The van der Waals surface area contributed by atoms with E-state index >= 15 is 0 Å². The number of carboxylic acid groups (broad SMARTS) is 2. The van der Waals surface area contributed by atoms with Crippen molar-refractivity contribution in [3.05, 3.63) is 49.6 Å². The Morgan fingerprint density at radius 3 is 0.909 bits per heavy atom. The van der Waals surface area contributed by atoms with Crippen molar-refractivity contribution >= 4 is 11.9 Å². The Hall–Kier alpha value is -2.18. The van der Waals surface area contributed by atoms with Crippen LogP contribution in [0, 0.1) is 0 Å². The van der Waals surface area contributed by atoms with Crippen LogP contribution in [0.4, 0.5) is 0 Å². The van der Waals surface area contributed by atoms with Gasteiger partial charge in [-0.25, -0.2) is 9.59 Å². The van der Waals surface area contributed by atoms with Gasteiger partial charge in [-0.2, -0.15) is 0 Å².